The van der Waals surface area contributed by atoms with Crippen molar-refractivity contribution in [3.05, 3.63) is 29.3 Å². The first-order valence-corrected chi connectivity index (χ1v) is 6.59. The average molecular weight is 250 g/mol. The molecule has 0 aliphatic rings. The van der Waals surface area contributed by atoms with Crippen LogP contribution in [-0.4, -0.2) is 32.1 Å². The molecular weight excluding hydrogens is 224 g/mol. The minimum absolute atomic E-state index is 0.590. The highest BCUT2D eigenvalue weighted by atomic mass is 16.5. The number of nitrogens with zero attached hydrogens (tertiary/aromatic N) is 1. The zero-order valence-corrected chi connectivity index (χ0v) is 12.1. The number of methoxy groups -OCH3 is 1. The first-order valence-electron chi connectivity index (χ1n) is 6.59. The molecule has 1 unspecified atom stereocenters. The van der Waals surface area contributed by atoms with Gasteiger partial charge in [-0.1, -0.05) is 24.6 Å². The molecule has 1 aromatic rings. The fourth-order valence-electron chi connectivity index (χ4n) is 1.96. The normalized spacial score (nSPS) is 12.8. The van der Waals surface area contributed by atoms with E-state index >= 15 is 0 Å². The van der Waals surface area contributed by atoms with Gasteiger partial charge in [-0.15, -0.1) is 0 Å². The zero-order valence-electron chi connectivity index (χ0n) is 12.1. The van der Waals surface area contributed by atoms with Crippen LogP contribution in [0.15, 0.2) is 18.2 Å². The Hall–Kier alpha value is -1.06. The van der Waals surface area contributed by atoms with Crippen molar-refractivity contribution < 1.29 is 4.74 Å². The van der Waals surface area contributed by atoms with Crippen LogP contribution >= 0.6 is 0 Å². The van der Waals surface area contributed by atoms with Gasteiger partial charge in [-0.2, -0.15) is 0 Å². The highest BCUT2D eigenvalue weighted by molar-refractivity contribution is 5.36. The van der Waals surface area contributed by atoms with Crippen LogP contribution in [0.5, 0.6) is 5.75 Å². The van der Waals surface area contributed by atoms with Gasteiger partial charge in [0.15, 0.2) is 0 Å². The summed E-state index contributed by atoms with van der Waals surface area (Å²) in [6, 6.07) is 6.32. The van der Waals surface area contributed by atoms with Gasteiger partial charge in [-0.05, 0) is 45.5 Å². The molecule has 1 aromatic carbocycles. The standard InChI is InChI=1S/C15H26N2O/c1-12-5-6-15(18-4)14(9-12)11-17(3)8-7-13(2)10-16/h5-6,9,13H,7-8,10-11,16H2,1-4H3. The van der Waals surface area contributed by atoms with E-state index in [0.717, 1.165) is 31.8 Å². The molecule has 3 heteroatoms. The quantitative estimate of drug-likeness (QED) is 0.807. The van der Waals surface area contributed by atoms with Crippen LogP contribution in [0.25, 0.3) is 0 Å². The van der Waals surface area contributed by atoms with Crippen molar-refractivity contribution in [3.8, 4) is 5.75 Å². The largest absolute Gasteiger partial charge is 0.496 e. The van der Waals surface area contributed by atoms with E-state index in [2.05, 4.69) is 37.9 Å². The van der Waals surface area contributed by atoms with E-state index in [0.29, 0.717) is 5.92 Å². The maximum Gasteiger partial charge on any atom is 0.123 e. The molecule has 0 aliphatic heterocycles. The smallest absolute Gasteiger partial charge is 0.123 e. The van der Waals surface area contributed by atoms with Gasteiger partial charge in [-0.3, -0.25) is 0 Å². The van der Waals surface area contributed by atoms with Crippen molar-refractivity contribution in [1.29, 1.82) is 0 Å². The Morgan fingerprint density at radius 1 is 1.39 bits per heavy atom. The number of nitrogens with two attached hydrogens (primary N) is 1. The van der Waals surface area contributed by atoms with Crippen LogP contribution in [0.2, 0.25) is 0 Å². The van der Waals surface area contributed by atoms with Gasteiger partial charge >= 0.3 is 0 Å². The summed E-state index contributed by atoms with van der Waals surface area (Å²) in [7, 11) is 3.87. The molecule has 0 saturated carbocycles. The van der Waals surface area contributed by atoms with Gasteiger partial charge in [0.05, 0.1) is 7.11 Å². The van der Waals surface area contributed by atoms with Gasteiger partial charge in [0.25, 0.3) is 0 Å². The van der Waals surface area contributed by atoms with Gasteiger partial charge in [0.2, 0.25) is 0 Å². The molecule has 1 atom stereocenters. The molecule has 0 fully saturated rings. The second-order valence-corrected chi connectivity index (χ2v) is 5.18. The Kier molecular flexibility index (Phi) is 6.16. The second kappa shape index (κ2) is 7.39. The van der Waals surface area contributed by atoms with E-state index < -0.39 is 0 Å². The Morgan fingerprint density at radius 3 is 2.72 bits per heavy atom. The summed E-state index contributed by atoms with van der Waals surface area (Å²) < 4.78 is 5.40. The first kappa shape index (κ1) is 15.0. The van der Waals surface area contributed by atoms with Crippen LogP contribution in [0, 0.1) is 12.8 Å². The highest BCUT2D eigenvalue weighted by Crippen LogP contribution is 2.21. The minimum Gasteiger partial charge on any atom is -0.496 e. The summed E-state index contributed by atoms with van der Waals surface area (Å²) in [4.78, 5) is 2.32. The molecule has 0 spiro atoms. The zero-order chi connectivity index (χ0) is 13.5. The Labute approximate surface area is 111 Å². The molecule has 0 amide bonds. The highest BCUT2D eigenvalue weighted by Gasteiger charge is 2.08. The van der Waals surface area contributed by atoms with Crippen molar-refractivity contribution in [2.24, 2.45) is 11.7 Å². The third kappa shape index (κ3) is 4.67. The third-order valence-electron chi connectivity index (χ3n) is 3.28. The average Bonchev–Trinajstić information content (AvgIpc) is 2.36. The summed E-state index contributed by atoms with van der Waals surface area (Å²) in [5.41, 5.74) is 8.16. The lowest BCUT2D eigenvalue weighted by Gasteiger charge is -2.20. The Morgan fingerprint density at radius 2 is 2.11 bits per heavy atom. The van der Waals surface area contributed by atoms with Crippen LogP contribution in [0.1, 0.15) is 24.5 Å². The number of benzene rings is 1. The van der Waals surface area contributed by atoms with E-state index in [1.165, 1.54) is 11.1 Å². The molecule has 2 N–H and O–H groups in total. The van der Waals surface area contributed by atoms with Gasteiger partial charge in [0.1, 0.15) is 5.75 Å². The number of ether oxygens (including phenoxy) is 1. The van der Waals surface area contributed by atoms with Crippen molar-refractivity contribution in [1.82, 2.24) is 4.90 Å². The minimum atomic E-state index is 0.590. The van der Waals surface area contributed by atoms with Crippen LogP contribution in [-0.2, 0) is 6.54 Å². The lowest BCUT2D eigenvalue weighted by Crippen LogP contribution is -2.23. The number of aryl methyl sites for hydroxylation is 1. The van der Waals surface area contributed by atoms with Crippen molar-refractivity contribution in [3.63, 3.8) is 0 Å². The number of hydrogen-bond donors (Lipinski definition) is 1. The van der Waals surface area contributed by atoms with Crippen LogP contribution in [0.4, 0.5) is 0 Å². The fraction of sp³-hybridized carbons (Fsp3) is 0.600. The van der Waals surface area contributed by atoms with Gasteiger partial charge < -0.3 is 15.4 Å². The lowest BCUT2D eigenvalue weighted by atomic mass is 10.1. The maximum absolute atomic E-state index is 5.64. The summed E-state index contributed by atoms with van der Waals surface area (Å²) in [5, 5.41) is 0. The van der Waals surface area contributed by atoms with Crippen LogP contribution in [0.3, 0.4) is 0 Å². The predicted molar refractivity (Wildman–Crippen MR) is 76.9 cm³/mol. The second-order valence-electron chi connectivity index (χ2n) is 5.18. The van der Waals surface area contributed by atoms with E-state index in [9.17, 15) is 0 Å². The number of rotatable bonds is 7. The molecule has 18 heavy (non-hydrogen) atoms. The number of hydrogen-bond acceptors (Lipinski definition) is 3. The van der Waals surface area contributed by atoms with Crippen molar-refractivity contribution in [2.75, 3.05) is 27.2 Å². The van der Waals surface area contributed by atoms with Crippen molar-refractivity contribution >= 4 is 0 Å². The van der Waals surface area contributed by atoms with Crippen molar-refractivity contribution in [2.45, 2.75) is 26.8 Å². The first-order chi connectivity index (χ1) is 8.56. The summed E-state index contributed by atoms with van der Waals surface area (Å²) in [6.45, 7) is 7.06. The van der Waals surface area contributed by atoms with E-state index in [1.807, 2.05) is 6.07 Å². The summed E-state index contributed by atoms with van der Waals surface area (Å²) in [6.07, 6.45) is 1.14. The molecule has 0 aliphatic carbocycles. The predicted octanol–water partition coefficient (Wildman–Crippen LogP) is 2.42. The van der Waals surface area contributed by atoms with Gasteiger partial charge in [-0.25, -0.2) is 0 Å². The molecule has 0 aromatic heterocycles. The Bertz CT molecular complexity index is 366. The molecule has 0 saturated heterocycles. The van der Waals surface area contributed by atoms with E-state index in [4.69, 9.17) is 10.5 Å². The Balaban J connectivity index is 2.57. The van der Waals surface area contributed by atoms with Gasteiger partial charge in [0, 0.05) is 12.1 Å². The topological polar surface area (TPSA) is 38.5 Å². The summed E-state index contributed by atoms with van der Waals surface area (Å²) >= 11 is 0. The molecule has 0 heterocycles. The lowest BCUT2D eigenvalue weighted by molar-refractivity contribution is 0.294. The maximum atomic E-state index is 5.64. The molecule has 1 rings (SSSR count). The van der Waals surface area contributed by atoms with E-state index in [-0.39, 0.29) is 0 Å². The fourth-order valence-corrected chi connectivity index (χ4v) is 1.96. The van der Waals surface area contributed by atoms with E-state index in [1.54, 1.807) is 7.11 Å². The molecule has 0 bridgehead atoms. The third-order valence-corrected chi connectivity index (χ3v) is 3.28. The molecule has 3 nitrogen and oxygen atoms in total. The van der Waals surface area contributed by atoms with Crippen LogP contribution < -0.4 is 10.5 Å². The molecule has 0 radical (unpaired) electrons. The molecule has 102 valence electrons. The molecular formula is C15H26N2O. The summed E-state index contributed by atoms with van der Waals surface area (Å²) in [5.74, 6) is 1.56. The monoisotopic (exact) mass is 250 g/mol. The SMILES string of the molecule is COc1ccc(C)cc1CN(C)CCC(C)CN.